The Morgan fingerprint density at radius 2 is 2.00 bits per heavy atom. The lowest BCUT2D eigenvalue weighted by Crippen LogP contribution is -2.47. The first-order valence-corrected chi connectivity index (χ1v) is 7.00. The summed E-state index contributed by atoms with van der Waals surface area (Å²) >= 11 is 0. The molecule has 4 nitrogen and oxygen atoms in total. The van der Waals surface area contributed by atoms with Gasteiger partial charge >= 0.3 is 0 Å². The third kappa shape index (κ3) is 6.51. The molecule has 0 unspecified atom stereocenters. The second-order valence-electron chi connectivity index (χ2n) is 5.39. The van der Waals surface area contributed by atoms with Gasteiger partial charge in [0.25, 0.3) is 0 Å². The van der Waals surface area contributed by atoms with Crippen LogP contribution in [0.4, 0.5) is 0 Å². The summed E-state index contributed by atoms with van der Waals surface area (Å²) in [4.78, 5) is 4.48. The quantitative estimate of drug-likeness (QED) is 0.227. The fraction of sp³-hybridized carbons (Fsp3) is 0.923. The van der Waals surface area contributed by atoms with E-state index >= 15 is 0 Å². The molecule has 1 aliphatic rings. The van der Waals surface area contributed by atoms with E-state index in [4.69, 9.17) is 5.84 Å². The monoisotopic (exact) mass is 240 g/mol. The smallest absolute Gasteiger partial charge is 0.205 e. The lowest BCUT2D eigenvalue weighted by molar-refractivity contribution is 0.410. The van der Waals surface area contributed by atoms with Crippen LogP contribution in [0.5, 0.6) is 0 Å². The van der Waals surface area contributed by atoms with Crippen molar-refractivity contribution in [3.63, 3.8) is 0 Å². The van der Waals surface area contributed by atoms with Crippen molar-refractivity contribution in [1.29, 1.82) is 0 Å². The van der Waals surface area contributed by atoms with Gasteiger partial charge in [-0.25, -0.2) is 5.84 Å². The summed E-state index contributed by atoms with van der Waals surface area (Å²) in [6, 6.07) is 0.559. The third-order valence-electron chi connectivity index (χ3n) is 3.29. The number of rotatable bonds is 5. The van der Waals surface area contributed by atoms with E-state index in [1.807, 2.05) is 0 Å². The van der Waals surface area contributed by atoms with Crippen molar-refractivity contribution in [3.8, 4) is 0 Å². The van der Waals surface area contributed by atoms with Gasteiger partial charge < -0.3 is 5.32 Å². The van der Waals surface area contributed by atoms with Crippen LogP contribution >= 0.6 is 0 Å². The molecule has 100 valence electrons. The zero-order valence-electron chi connectivity index (χ0n) is 11.3. The number of hydrazine groups is 1. The van der Waals surface area contributed by atoms with E-state index in [9.17, 15) is 0 Å². The molecule has 0 aromatic rings. The molecule has 1 saturated carbocycles. The van der Waals surface area contributed by atoms with Crippen molar-refractivity contribution in [1.82, 2.24) is 10.7 Å². The summed E-state index contributed by atoms with van der Waals surface area (Å²) in [6.07, 6.45) is 8.86. The Morgan fingerprint density at radius 3 is 2.59 bits per heavy atom. The highest BCUT2D eigenvalue weighted by Crippen LogP contribution is 2.17. The van der Waals surface area contributed by atoms with Crippen LogP contribution in [0, 0.1) is 5.92 Å². The zero-order valence-corrected chi connectivity index (χ0v) is 11.3. The van der Waals surface area contributed by atoms with E-state index in [1.54, 1.807) is 0 Å². The predicted molar refractivity (Wildman–Crippen MR) is 73.7 cm³/mol. The number of guanidine groups is 1. The molecule has 1 aliphatic carbocycles. The first-order chi connectivity index (χ1) is 8.22. The van der Waals surface area contributed by atoms with Gasteiger partial charge in [-0.05, 0) is 31.6 Å². The second kappa shape index (κ2) is 8.34. The van der Waals surface area contributed by atoms with Crippen LogP contribution in [-0.4, -0.2) is 18.5 Å². The van der Waals surface area contributed by atoms with Gasteiger partial charge in [-0.1, -0.05) is 33.1 Å². The minimum atomic E-state index is 0.559. The van der Waals surface area contributed by atoms with Gasteiger partial charge in [0.05, 0.1) is 0 Å². The van der Waals surface area contributed by atoms with Crippen LogP contribution in [0.2, 0.25) is 0 Å². The molecule has 4 heteroatoms. The molecule has 0 saturated heterocycles. The van der Waals surface area contributed by atoms with Crippen molar-refractivity contribution in [3.05, 3.63) is 0 Å². The van der Waals surface area contributed by atoms with E-state index in [0.29, 0.717) is 6.04 Å². The van der Waals surface area contributed by atoms with Gasteiger partial charge in [-0.15, -0.1) is 0 Å². The summed E-state index contributed by atoms with van der Waals surface area (Å²) in [5, 5.41) is 3.41. The molecule has 0 amide bonds. The van der Waals surface area contributed by atoms with Crippen LogP contribution in [0.3, 0.4) is 0 Å². The van der Waals surface area contributed by atoms with Crippen molar-refractivity contribution in [2.45, 2.75) is 64.8 Å². The summed E-state index contributed by atoms with van der Waals surface area (Å²) in [6.45, 7) is 5.34. The Kier molecular flexibility index (Phi) is 7.01. The number of nitrogens with one attached hydrogen (secondary N) is 2. The van der Waals surface area contributed by atoms with Crippen LogP contribution in [0.25, 0.3) is 0 Å². The first kappa shape index (κ1) is 14.3. The van der Waals surface area contributed by atoms with Crippen LogP contribution < -0.4 is 16.6 Å². The van der Waals surface area contributed by atoms with Gasteiger partial charge in [0.1, 0.15) is 0 Å². The maximum Gasteiger partial charge on any atom is 0.205 e. The van der Waals surface area contributed by atoms with Crippen molar-refractivity contribution in [2.24, 2.45) is 16.8 Å². The van der Waals surface area contributed by atoms with E-state index < -0.39 is 0 Å². The van der Waals surface area contributed by atoms with Gasteiger partial charge in [-0.2, -0.15) is 0 Å². The molecule has 0 bridgehead atoms. The Bertz CT molecular complexity index is 219. The lowest BCUT2D eigenvalue weighted by Gasteiger charge is -2.24. The number of hydrogen-bond acceptors (Lipinski definition) is 2. The van der Waals surface area contributed by atoms with E-state index in [0.717, 1.165) is 24.8 Å². The van der Waals surface area contributed by atoms with Crippen LogP contribution in [-0.2, 0) is 0 Å². The average Bonchev–Trinajstić information content (AvgIpc) is 2.34. The highest BCUT2D eigenvalue weighted by molar-refractivity contribution is 5.79. The fourth-order valence-electron chi connectivity index (χ4n) is 2.26. The number of aliphatic imine (C=N–C) groups is 1. The molecular formula is C13H28N4. The summed E-state index contributed by atoms with van der Waals surface area (Å²) in [7, 11) is 0. The molecular weight excluding hydrogens is 212 g/mol. The number of hydrogen-bond donors (Lipinski definition) is 3. The Labute approximate surface area is 105 Å². The highest BCUT2D eigenvalue weighted by Gasteiger charge is 2.13. The standard InChI is InChI=1S/C13H28N4/c1-11(2)7-6-10-15-13(17-14)16-12-8-4-3-5-9-12/h11-12H,3-10,14H2,1-2H3,(H2,15,16,17). The van der Waals surface area contributed by atoms with Gasteiger partial charge in [0, 0.05) is 12.6 Å². The molecule has 0 radical (unpaired) electrons. The molecule has 17 heavy (non-hydrogen) atoms. The molecule has 0 aromatic carbocycles. The second-order valence-corrected chi connectivity index (χ2v) is 5.39. The maximum absolute atomic E-state index is 5.49. The molecule has 4 N–H and O–H groups in total. The van der Waals surface area contributed by atoms with Crippen molar-refractivity contribution in [2.75, 3.05) is 6.54 Å². The highest BCUT2D eigenvalue weighted by atomic mass is 15.3. The Hall–Kier alpha value is -0.770. The normalized spacial score (nSPS) is 18.5. The molecule has 1 fully saturated rings. The summed E-state index contributed by atoms with van der Waals surface area (Å²) in [5.74, 6) is 7.01. The molecule has 0 spiro atoms. The van der Waals surface area contributed by atoms with Gasteiger partial charge in [0.15, 0.2) is 0 Å². The Morgan fingerprint density at radius 1 is 1.29 bits per heavy atom. The molecule has 0 atom stereocenters. The lowest BCUT2D eigenvalue weighted by atomic mass is 9.96. The summed E-state index contributed by atoms with van der Waals surface area (Å²) in [5.41, 5.74) is 2.68. The molecule has 1 rings (SSSR count). The van der Waals surface area contributed by atoms with Gasteiger partial charge in [0.2, 0.25) is 5.96 Å². The van der Waals surface area contributed by atoms with Crippen LogP contribution in [0.1, 0.15) is 58.8 Å². The topological polar surface area (TPSA) is 62.4 Å². The average molecular weight is 240 g/mol. The van der Waals surface area contributed by atoms with E-state index in [1.165, 1.54) is 38.5 Å². The predicted octanol–water partition coefficient (Wildman–Crippen LogP) is 2.16. The fourth-order valence-corrected chi connectivity index (χ4v) is 2.26. The largest absolute Gasteiger partial charge is 0.353 e. The minimum Gasteiger partial charge on any atom is -0.353 e. The third-order valence-corrected chi connectivity index (χ3v) is 3.29. The van der Waals surface area contributed by atoms with E-state index in [-0.39, 0.29) is 0 Å². The maximum atomic E-state index is 5.49. The van der Waals surface area contributed by atoms with Gasteiger partial charge in [-0.3, -0.25) is 10.4 Å². The SMILES string of the molecule is CC(C)CCCN=C(NN)NC1CCCCC1. The first-order valence-electron chi connectivity index (χ1n) is 7.00. The molecule has 0 aliphatic heterocycles. The number of nitrogens with zero attached hydrogens (tertiary/aromatic N) is 1. The van der Waals surface area contributed by atoms with Crippen LogP contribution in [0.15, 0.2) is 4.99 Å². The molecule has 0 heterocycles. The van der Waals surface area contributed by atoms with Crippen molar-refractivity contribution >= 4 is 5.96 Å². The Balaban J connectivity index is 2.23. The molecule has 0 aromatic heterocycles. The van der Waals surface area contributed by atoms with E-state index in [2.05, 4.69) is 29.6 Å². The zero-order chi connectivity index (χ0) is 12.5. The summed E-state index contributed by atoms with van der Waals surface area (Å²) < 4.78 is 0. The minimum absolute atomic E-state index is 0.559. The van der Waals surface area contributed by atoms with Crippen molar-refractivity contribution < 1.29 is 0 Å². The number of nitrogens with two attached hydrogens (primary N) is 1.